The van der Waals surface area contributed by atoms with Crippen LogP contribution in [-0.4, -0.2) is 43.5 Å². The maximum absolute atomic E-state index is 11.5. The zero-order chi connectivity index (χ0) is 12.3. The Morgan fingerprint density at radius 1 is 1.44 bits per heavy atom. The number of likely N-dealkylation sites (N-methyl/N-ethyl adjacent to an activating group) is 2. The molecule has 0 saturated carbocycles. The number of carbonyl (C=O) groups is 1. The van der Waals surface area contributed by atoms with Crippen molar-refractivity contribution in [1.82, 2.24) is 9.88 Å². The Labute approximate surface area is 99.8 Å². The van der Waals surface area contributed by atoms with Crippen LogP contribution in [0.15, 0.2) is 12.1 Å². The Balaban J connectivity index is 2.84. The topological polar surface area (TPSA) is 62.5 Å². The van der Waals surface area contributed by atoms with Crippen molar-refractivity contribution in [3.8, 4) is 0 Å². The monoisotopic (exact) mass is 242 g/mol. The zero-order valence-corrected chi connectivity index (χ0v) is 10.3. The predicted octanol–water partition coefficient (Wildman–Crippen LogP) is 0.842. The minimum Gasteiger partial charge on any atom is -0.396 e. The highest BCUT2D eigenvalue weighted by Gasteiger charge is 2.12. The van der Waals surface area contributed by atoms with E-state index in [0.29, 0.717) is 16.7 Å². The van der Waals surface area contributed by atoms with Gasteiger partial charge in [0.15, 0.2) is 5.82 Å². The molecule has 6 heteroatoms. The maximum atomic E-state index is 11.5. The highest BCUT2D eigenvalue weighted by molar-refractivity contribution is 6.29. The van der Waals surface area contributed by atoms with E-state index in [0.717, 1.165) is 0 Å². The fourth-order valence-electron chi connectivity index (χ4n) is 1.16. The molecule has 0 saturated heterocycles. The molecule has 16 heavy (non-hydrogen) atoms. The van der Waals surface area contributed by atoms with Crippen molar-refractivity contribution in [3.05, 3.63) is 17.3 Å². The average Bonchev–Trinajstić information content (AvgIpc) is 2.21. The molecule has 0 bridgehead atoms. The van der Waals surface area contributed by atoms with E-state index in [1.165, 1.54) is 4.90 Å². The normalized spacial score (nSPS) is 10.0. The van der Waals surface area contributed by atoms with E-state index in [1.54, 1.807) is 38.2 Å². The number of anilines is 2. The lowest BCUT2D eigenvalue weighted by Gasteiger charge is -2.21. The van der Waals surface area contributed by atoms with Crippen LogP contribution in [0.2, 0.25) is 5.15 Å². The van der Waals surface area contributed by atoms with E-state index in [9.17, 15) is 4.79 Å². The van der Waals surface area contributed by atoms with E-state index in [4.69, 9.17) is 17.3 Å². The van der Waals surface area contributed by atoms with Crippen LogP contribution in [0, 0.1) is 0 Å². The first-order valence-electron chi connectivity index (χ1n) is 4.75. The van der Waals surface area contributed by atoms with Gasteiger partial charge in [-0.3, -0.25) is 4.79 Å². The van der Waals surface area contributed by atoms with E-state index in [1.807, 2.05) is 0 Å². The number of rotatable bonds is 3. The molecule has 1 aromatic heterocycles. The fraction of sp³-hybridized carbons (Fsp3) is 0.400. The van der Waals surface area contributed by atoms with Gasteiger partial charge in [-0.25, -0.2) is 4.98 Å². The van der Waals surface area contributed by atoms with Gasteiger partial charge < -0.3 is 15.5 Å². The first-order valence-corrected chi connectivity index (χ1v) is 5.13. The summed E-state index contributed by atoms with van der Waals surface area (Å²) in [5, 5.41) is 0.355. The minimum absolute atomic E-state index is 0.0244. The Morgan fingerprint density at radius 2 is 2.06 bits per heavy atom. The number of amides is 1. The van der Waals surface area contributed by atoms with Crippen molar-refractivity contribution in [2.45, 2.75) is 0 Å². The SMILES string of the molecule is CN(C)C(=O)CN(C)c1nc(Cl)ccc1N. The van der Waals surface area contributed by atoms with Crippen LogP contribution in [0.4, 0.5) is 11.5 Å². The molecule has 0 aliphatic carbocycles. The Kier molecular flexibility index (Phi) is 3.95. The lowest BCUT2D eigenvalue weighted by Crippen LogP contribution is -2.35. The minimum atomic E-state index is -0.0244. The summed E-state index contributed by atoms with van der Waals surface area (Å²) in [6.45, 7) is 0.213. The van der Waals surface area contributed by atoms with Crippen LogP contribution in [0.5, 0.6) is 0 Å². The Hall–Kier alpha value is -1.49. The van der Waals surface area contributed by atoms with Crippen molar-refractivity contribution in [2.24, 2.45) is 0 Å². The molecule has 0 fully saturated rings. The molecule has 88 valence electrons. The summed E-state index contributed by atoms with van der Waals surface area (Å²) in [4.78, 5) is 18.8. The second-order valence-corrected chi connectivity index (χ2v) is 4.08. The number of pyridine rings is 1. The van der Waals surface area contributed by atoms with Crippen LogP contribution in [0.25, 0.3) is 0 Å². The van der Waals surface area contributed by atoms with Crippen molar-refractivity contribution in [1.29, 1.82) is 0 Å². The number of hydrogen-bond acceptors (Lipinski definition) is 4. The third-order valence-electron chi connectivity index (χ3n) is 2.10. The van der Waals surface area contributed by atoms with Crippen molar-refractivity contribution < 1.29 is 4.79 Å². The molecular formula is C10H15ClN4O. The molecule has 5 nitrogen and oxygen atoms in total. The molecule has 0 aliphatic heterocycles. The van der Waals surface area contributed by atoms with Gasteiger partial charge in [0.1, 0.15) is 5.15 Å². The summed E-state index contributed by atoms with van der Waals surface area (Å²) >= 11 is 5.77. The van der Waals surface area contributed by atoms with E-state index < -0.39 is 0 Å². The van der Waals surface area contributed by atoms with Crippen molar-refractivity contribution in [2.75, 3.05) is 38.3 Å². The molecule has 0 spiro atoms. The second kappa shape index (κ2) is 5.03. The highest BCUT2D eigenvalue weighted by Crippen LogP contribution is 2.21. The predicted molar refractivity (Wildman–Crippen MR) is 65.6 cm³/mol. The Bertz CT molecular complexity index is 394. The number of nitrogens with zero attached hydrogens (tertiary/aromatic N) is 3. The Morgan fingerprint density at radius 3 is 2.62 bits per heavy atom. The van der Waals surface area contributed by atoms with Gasteiger partial charge >= 0.3 is 0 Å². The fourth-order valence-corrected chi connectivity index (χ4v) is 1.30. The van der Waals surface area contributed by atoms with Crippen molar-refractivity contribution >= 4 is 29.0 Å². The average molecular weight is 243 g/mol. The van der Waals surface area contributed by atoms with E-state index in [2.05, 4.69) is 4.98 Å². The summed E-state index contributed by atoms with van der Waals surface area (Å²) in [6, 6.07) is 3.28. The smallest absolute Gasteiger partial charge is 0.241 e. The zero-order valence-electron chi connectivity index (χ0n) is 9.57. The summed E-state index contributed by atoms with van der Waals surface area (Å²) in [5.41, 5.74) is 6.25. The van der Waals surface area contributed by atoms with Gasteiger partial charge in [-0.15, -0.1) is 0 Å². The van der Waals surface area contributed by atoms with Gasteiger partial charge in [0.05, 0.1) is 12.2 Å². The first-order chi connectivity index (χ1) is 7.41. The number of nitrogen functional groups attached to an aromatic ring is 1. The van der Waals surface area contributed by atoms with Crippen LogP contribution >= 0.6 is 11.6 Å². The van der Waals surface area contributed by atoms with Gasteiger partial charge in [0, 0.05) is 21.1 Å². The molecule has 2 N–H and O–H groups in total. The molecule has 1 rings (SSSR count). The third-order valence-corrected chi connectivity index (χ3v) is 2.31. The van der Waals surface area contributed by atoms with Gasteiger partial charge in [-0.2, -0.15) is 0 Å². The highest BCUT2D eigenvalue weighted by atomic mass is 35.5. The molecule has 1 heterocycles. The van der Waals surface area contributed by atoms with Crippen LogP contribution in [0.1, 0.15) is 0 Å². The summed E-state index contributed by atoms with van der Waals surface area (Å²) in [5.74, 6) is 0.492. The van der Waals surface area contributed by atoms with Crippen LogP contribution in [-0.2, 0) is 4.79 Å². The summed E-state index contributed by atoms with van der Waals surface area (Å²) in [7, 11) is 5.15. The van der Waals surface area contributed by atoms with Crippen LogP contribution < -0.4 is 10.6 Å². The number of hydrogen-bond donors (Lipinski definition) is 1. The van der Waals surface area contributed by atoms with Gasteiger partial charge in [-0.1, -0.05) is 11.6 Å². The molecule has 0 aliphatic rings. The van der Waals surface area contributed by atoms with Gasteiger partial charge in [0.2, 0.25) is 5.91 Å². The van der Waals surface area contributed by atoms with Crippen molar-refractivity contribution in [3.63, 3.8) is 0 Å². The largest absolute Gasteiger partial charge is 0.396 e. The maximum Gasteiger partial charge on any atom is 0.241 e. The molecule has 1 aromatic rings. The molecule has 0 radical (unpaired) electrons. The standard InChI is InChI=1S/C10H15ClN4O/c1-14(2)9(16)6-15(3)10-7(12)4-5-8(11)13-10/h4-5H,6,12H2,1-3H3. The number of aromatic nitrogens is 1. The first kappa shape index (κ1) is 12.6. The number of nitrogens with two attached hydrogens (primary N) is 1. The third kappa shape index (κ3) is 3.00. The lowest BCUT2D eigenvalue weighted by atomic mass is 10.3. The van der Waals surface area contributed by atoms with Crippen LogP contribution in [0.3, 0.4) is 0 Å². The summed E-state index contributed by atoms with van der Waals surface area (Å²) in [6.07, 6.45) is 0. The number of carbonyl (C=O) groups excluding carboxylic acids is 1. The molecule has 0 unspecified atom stereocenters. The summed E-state index contributed by atoms with van der Waals surface area (Å²) < 4.78 is 0. The van der Waals surface area contributed by atoms with E-state index in [-0.39, 0.29) is 12.5 Å². The molecule has 0 aromatic carbocycles. The second-order valence-electron chi connectivity index (χ2n) is 3.69. The quantitative estimate of drug-likeness (QED) is 0.798. The lowest BCUT2D eigenvalue weighted by molar-refractivity contribution is -0.127. The molecule has 0 atom stereocenters. The number of halogens is 1. The van der Waals surface area contributed by atoms with Gasteiger partial charge in [-0.05, 0) is 12.1 Å². The molecular weight excluding hydrogens is 228 g/mol. The van der Waals surface area contributed by atoms with E-state index >= 15 is 0 Å². The van der Waals surface area contributed by atoms with Gasteiger partial charge in [0.25, 0.3) is 0 Å². The molecule has 1 amide bonds.